The highest BCUT2D eigenvalue weighted by molar-refractivity contribution is 5.44. The van der Waals surface area contributed by atoms with E-state index in [4.69, 9.17) is 9.47 Å². The van der Waals surface area contributed by atoms with E-state index in [0.717, 1.165) is 43.1 Å². The van der Waals surface area contributed by atoms with Crippen molar-refractivity contribution in [3.8, 4) is 11.5 Å². The lowest BCUT2D eigenvalue weighted by Crippen LogP contribution is -2.07. The van der Waals surface area contributed by atoms with Gasteiger partial charge in [-0.2, -0.15) is 5.10 Å². The van der Waals surface area contributed by atoms with Gasteiger partial charge in [-0.15, -0.1) is 0 Å². The molecule has 0 N–H and O–H groups in total. The summed E-state index contributed by atoms with van der Waals surface area (Å²) in [4.78, 5) is 4.35. The monoisotopic (exact) mass is 273 g/mol. The second-order valence-corrected chi connectivity index (χ2v) is 4.94. The van der Waals surface area contributed by atoms with Gasteiger partial charge in [0.05, 0.1) is 0 Å². The second-order valence-electron chi connectivity index (χ2n) is 4.94. The van der Waals surface area contributed by atoms with Crippen LogP contribution in [0.1, 0.15) is 31.2 Å². The fourth-order valence-electron chi connectivity index (χ4n) is 2.33. The number of unbranched alkanes of at least 4 members (excludes halogenated alkanes) is 1. The third-order valence-corrected chi connectivity index (χ3v) is 3.49. The molecule has 0 unspecified atom stereocenters. The summed E-state index contributed by atoms with van der Waals surface area (Å²) in [6.07, 6.45) is 5.78. The number of hydrogen-bond acceptors (Lipinski definition) is 4. The van der Waals surface area contributed by atoms with Crippen LogP contribution >= 0.6 is 0 Å². The van der Waals surface area contributed by atoms with Gasteiger partial charge in [-0.3, -0.25) is 4.68 Å². The van der Waals surface area contributed by atoms with E-state index in [2.05, 4.69) is 29.1 Å². The van der Waals surface area contributed by atoms with Crippen LogP contribution in [-0.4, -0.2) is 21.6 Å². The molecule has 0 bridgehead atoms. The highest BCUT2D eigenvalue weighted by atomic mass is 16.7. The van der Waals surface area contributed by atoms with E-state index in [9.17, 15) is 0 Å². The Hall–Kier alpha value is -2.04. The van der Waals surface area contributed by atoms with Gasteiger partial charge in [0, 0.05) is 13.0 Å². The molecule has 5 nitrogen and oxygen atoms in total. The molecule has 0 spiro atoms. The number of aryl methyl sites for hydroxylation is 3. The van der Waals surface area contributed by atoms with Crippen LogP contribution in [0.25, 0.3) is 0 Å². The van der Waals surface area contributed by atoms with Gasteiger partial charge in [0.2, 0.25) is 6.79 Å². The Morgan fingerprint density at radius 2 is 2.10 bits per heavy atom. The average molecular weight is 273 g/mol. The molecular formula is C15H19N3O2. The highest BCUT2D eigenvalue weighted by Crippen LogP contribution is 2.32. The molecule has 3 rings (SSSR count). The molecule has 0 aliphatic carbocycles. The minimum Gasteiger partial charge on any atom is -0.454 e. The number of aromatic nitrogens is 3. The smallest absolute Gasteiger partial charge is 0.231 e. The first-order valence-corrected chi connectivity index (χ1v) is 7.12. The number of nitrogens with zero attached hydrogens (tertiary/aromatic N) is 3. The van der Waals surface area contributed by atoms with Crippen molar-refractivity contribution < 1.29 is 9.47 Å². The maximum Gasteiger partial charge on any atom is 0.231 e. The number of ether oxygens (including phenoxy) is 2. The third kappa shape index (κ3) is 2.76. The summed E-state index contributed by atoms with van der Waals surface area (Å²) in [5, 5.41) is 4.28. The molecule has 106 valence electrons. The van der Waals surface area contributed by atoms with Gasteiger partial charge in [0.15, 0.2) is 11.5 Å². The lowest BCUT2D eigenvalue weighted by atomic mass is 10.1. The molecule has 5 heteroatoms. The van der Waals surface area contributed by atoms with Crippen LogP contribution in [-0.2, 0) is 19.4 Å². The van der Waals surface area contributed by atoms with Crippen LogP contribution in [0.15, 0.2) is 24.5 Å². The van der Waals surface area contributed by atoms with Crippen LogP contribution in [0.2, 0.25) is 0 Å². The predicted molar refractivity (Wildman–Crippen MR) is 74.9 cm³/mol. The zero-order valence-corrected chi connectivity index (χ0v) is 11.7. The number of fused-ring (bicyclic) bond motifs is 1. The fraction of sp³-hybridized carbons (Fsp3) is 0.467. The summed E-state index contributed by atoms with van der Waals surface area (Å²) in [6.45, 7) is 3.46. The fourth-order valence-corrected chi connectivity index (χ4v) is 2.33. The van der Waals surface area contributed by atoms with E-state index in [1.54, 1.807) is 6.33 Å². The van der Waals surface area contributed by atoms with Crippen molar-refractivity contribution in [2.24, 2.45) is 0 Å². The first-order chi connectivity index (χ1) is 9.86. The van der Waals surface area contributed by atoms with E-state index in [-0.39, 0.29) is 0 Å². The topological polar surface area (TPSA) is 49.2 Å². The molecule has 2 aromatic rings. The minimum absolute atomic E-state index is 0.324. The SMILES string of the molecule is CCCCn1ncnc1CCc1ccc2c(c1)OCO2. The van der Waals surface area contributed by atoms with Crippen LogP contribution < -0.4 is 9.47 Å². The summed E-state index contributed by atoms with van der Waals surface area (Å²) in [6, 6.07) is 6.11. The first-order valence-electron chi connectivity index (χ1n) is 7.12. The van der Waals surface area contributed by atoms with Crippen molar-refractivity contribution in [1.82, 2.24) is 14.8 Å². The van der Waals surface area contributed by atoms with E-state index in [0.29, 0.717) is 6.79 Å². The first kappa shape index (κ1) is 13.0. The van der Waals surface area contributed by atoms with Gasteiger partial charge in [-0.1, -0.05) is 19.4 Å². The lowest BCUT2D eigenvalue weighted by molar-refractivity contribution is 0.174. The van der Waals surface area contributed by atoms with Crippen molar-refractivity contribution in [3.05, 3.63) is 35.9 Å². The Morgan fingerprint density at radius 1 is 1.20 bits per heavy atom. The minimum atomic E-state index is 0.324. The maximum absolute atomic E-state index is 5.40. The summed E-state index contributed by atoms with van der Waals surface area (Å²) in [5.41, 5.74) is 1.24. The molecule has 1 aromatic heterocycles. The third-order valence-electron chi connectivity index (χ3n) is 3.49. The molecule has 0 amide bonds. The van der Waals surface area contributed by atoms with Crippen molar-refractivity contribution in [2.75, 3.05) is 6.79 Å². The summed E-state index contributed by atoms with van der Waals surface area (Å²) >= 11 is 0. The molecular weight excluding hydrogens is 254 g/mol. The Kier molecular flexibility index (Phi) is 3.85. The van der Waals surface area contributed by atoms with Crippen LogP contribution in [0.4, 0.5) is 0 Å². The Balaban J connectivity index is 1.63. The average Bonchev–Trinajstić information content (AvgIpc) is 3.11. The molecule has 20 heavy (non-hydrogen) atoms. The number of hydrogen-bond donors (Lipinski definition) is 0. The van der Waals surface area contributed by atoms with Gasteiger partial charge in [-0.05, 0) is 30.5 Å². The number of rotatable bonds is 6. The molecule has 1 aromatic carbocycles. The standard InChI is InChI=1S/C15H19N3O2/c1-2-3-8-18-15(16-10-17-18)7-5-12-4-6-13-14(9-12)20-11-19-13/h4,6,9-10H,2-3,5,7-8,11H2,1H3. The molecule has 0 radical (unpaired) electrons. The van der Waals surface area contributed by atoms with E-state index >= 15 is 0 Å². The number of benzene rings is 1. The molecule has 0 fully saturated rings. The van der Waals surface area contributed by atoms with Crippen molar-refractivity contribution in [3.63, 3.8) is 0 Å². The van der Waals surface area contributed by atoms with Crippen LogP contribution in [0.5, 0.6) is 11.5 Å². The molecule has 0 saturated heterocycles. The zero-order chi connectivity index (χ0) is 13.8. The van der Waals surface area contributed by atoms with Gasteiger partial charge < -0.3 is 9.47 Å². The second kappa shape index (κ2) is 5.94. The van der Waals surface area contributed by atoms with Gasteiger partial charge in [0.1, 0.15) is 12.2 Å². The normalized spacial score (nSPS) is 12.8. The van der Waals surface area contributed by atoms with Crippen molar-refractivity contribution in [2.45, 2.75) is 39.2 Å². The maximum atomic E-state index is 5.40. The predicted octanol–water partition coefficient (Wildman–Crippen LogP) is 2.59. The molecule has 0 atom stereocenters. The van der Waals surface area contributed by atoms with Crippen LogP contribution in [0, 0.1) is 0 Å². The summed E-state index contributed by atoms with van der Waals surface area (Å²) in [5.74, 6) is 2.73. The van der Waals surface area contributed by atoms with Crippen molar-refractivity contribution >= 4 is 0 Å². The van der Waals surface area contributed by atoms with Gasteiger partial charge in [-0.25, -0.2) is 4.98 Å². The van der Waals surface area contributed by atoms with E-state index < -0.39 is 0 Å². The molecule has 2 heterocycles. The zero-order valence-electron chi connectivity index (χ0n) is 11.7. The Morgan fingerprint density at radius 3 is 3.00 bits per heavy atom. The lowest BCUT2D eigenvalue weighted by Gasteiger charge is -2.06. The van der Waals surface area contributed by atoms with Gasteiger partial charge >= 0.3 is 0 Å². The van der Waals surface area contributed by atoms with Crippen molar-refractivity contribution in [1.29, 1.82) is 0 Å². The Bertz CT molecular complexity index is 580. The quantitative estimate of drug-likeness (QED) is 0.811. The molecule has 1 aliphatic rings. The van der Waals surface area contributed by atoms with E-state index in [1.807, 2.05) is 10.7 Å². The van der Waals surface area contributed by atoms with Crippen LogP contribution in [0.3, 0.4) is 0 Å². The van der Waals surface area contributed by atoms with E-state index in [1.165, 1.54) is 12.0 Å². The highest BCUT2D eigenvalue weighted by Gasteiger charge is 2.13. The summed E-state index contributed by atoms with van der Waals surface area (Å²) in [7, 11) is 0. The largest absolute Gasteiger partial charge is 0.454 e. The molecule has 0 saturated carbocycles. The molecule has 1 aliphatic heterocycles. The van der Waals surface area contributed by atoms with Gasteiger partial charge in [0.25, 0.3) is 0 Å². The summed E-state index contributed by atoms with van der Waals surface area (Å²) < 4.78 is 12.7. The Labute approximate surface area is 118 Å².